The highest BCUT2D eigenvalue weighted by Crippen LogP contribution is 2.27. The molecule has 0 fully saturated rings. The number of hydrogen-bond acceptors (Lipinski definition) is 4. The number of hydrogen-bond donors (Lipinski definition) is 1. The van der Waals surface area contributed by atoms with E-state index in [2.05, 4.69) is 5.32 Å². The first-order valence-electron chi connectivity index (χ1n) is 6.48. The first-order chi connectivity index (χ1) is 10.5. The Kier molecular flexibility index (Phi) is 4.95. The Balaban J connectivity index is 2.02. The van der Waals surface area contributed by atoms with Crippen LogP contribution in [0.1, 0.15) is 0 Å². The van der Waals surface area contributed by atoms with Gasteiger partial charge >= 0.3 is 0 Å². The molecule has 0 heterocycles. The molecule has 1 N–H and O–H groups in total. The SMILES string of the molecule is CN(C(=O)CNc1ccc(Cl)c([N+](=O)[O-])c1)c1ccccc1. The van der Waals surface area contributed by atoms with Crippen LogP contribution < -0.4 is 10.2 Å². The van der Waals surface area contributed by atoms with Gasteiger partial charge in [-0.3, -0.25) is 14.9 Å². The van der Waals surface area contributed by atoms with Crippen LogP contribution in [0.3, 0.4) is 0 Å². The van der Waals surface area contributed by atoms with Crippen LogP contribution in [0.25, 0.3) is 0 Å². The van der Waals surface area contributed by atoms with E-state index >= 15 is 0 Å². The zero-order valence-electron chi connectivity index (χ0n) is 11.8. The van der Waals surface area contributed by atoms with Gasteiger partial charge in [-0.15, -0.1) is 0 Å². The number of amides is 1. The van der Waals surface area contributed by atoms with E-state index in [-0.39, 0.29) is 23.2 Å². The number of halogens is 1. The molecule has 0 bridgehead atoms. The highest BCUT2D eigenvalue weighted by Gasteiger charge is 2.14. The molecule has 0 saturated carbocycles. The van der Waals surface area contributed by atoms with E-state index in [9.17, 15) is 14.9 Å². The third kappa shape index (κ3) is 3.73. The molecular weight excluding hydrogens is 306 g/mol. The van der Waals surface area contributed by atoms with Crippen molar-refractivity contribution in [3.63, 3.8) is 0 Å². The lowest BCUT2D eigenvalue weighted by atomic mass is 10.2. The number of carbonyl (C=O) groups is 1. The Labute approximate surface area is 132 Å². The minimum Gasteiger partial charge on any atom is -0.376 e. The predicted molar refractivity (Wildman–Crippen MR) is 86.4 cm³/mol. The summed E-state index contributed by atoms with van der Waals surface area (Å²) in [5.74, 6) is -0.163. The average Bonchev–Trinajstić information content (AvgIpc) is 2.53. The van der Waals surface area contributed by atoms with Gasteiger partial charge in [-0.1, -0.05) is 29.8 Å². The van der Waals surface area contributed by atoms with Gasteiger partial charge in [0.05, 0.1) is 11.5 Å². The third-order valence-corrected chi connectivity index (χ3v) is 3.42. The summed E-state index contributed by atoms with van der Waals surface area (Å²) in [6.07, 6.45) is 0. The number of nitro benzene ring substituents is 1. The zero-order valence-corrected chi connectivity index (χ0v) is 12.6. The molecular formula is C15H14ClN3O3. The monoisotopic (exact) mass is 319 g/mol. The van der Waals surface area contributed by atoms with E-state index in [0.717, 1.165) is 5.69 Å². The number of likely N-dealkylation sites (N-methyl/N-ethyl adjacent to an activating group) is 1. The number of nitro groups is 1. The number of nitrogens with zero attached hydrogens (tertiary/aromatic N) is 2. The van der Waals surface area contributed by atoms with Gasteiger partial charge in [-0.2, -0.15) is 0 Å². The fourth-order valence-electron chi connectivity index (χ4n) is 1.85. The van der Waals surface area contributed by atoms with E-state index in [1.165, 1.54) is 17.0 Å². The second kappa shape index (κ2) is 6.91. The van der Waals surface area contributed by atoms with Crippen LogP contribution >= 0.6 is 11.6 Å². The topological polar surface area (TPSA) is 75.5 Å². The summed E-state index contributed by atoms with van der Waals surface area (Å²) in [6.45, 7) is 0.0180. The Morgan fingerprint density at radius 1 is 1.27 bits per heavy atom. The van der Waals surface area contributed by atoms with Crippen LogP contribution in [0.2, 0.25) is 5.02 Å². The second-order valence-electron chi connectivity index (χ2n) is 4.57. The van der Waals surface area contributed by atoms with E-state index in [0.29, 0.717) is 5.69 Å². The summed E-state index contributed by atoms with van der Waals surface area (Å²) >= 11 is 5.74. The van der Waals surface area contributed by atoms with Crippen molar-refractivity contribution in [3.8, 4) is 0 Å². The minimum absolute atomic E-state index is 0.0180. The number of carbonyl (C=O) groups excluding carboxylic acids is 1. The van der Waals surface area contributed by atoms with Crippen molar-refractivity contribution in [1.82, 2.24) is 0 Å². The zero-order chi connectivity index (χ0) is 16.1. The van der Waals surface area contributed by atoms with Gasteiger partial charge in [0.25, 0.3) is 5.69 Å². The van der Waals surface area contributed by atoms with E-state index < -0.39 is 4.92 Å². The van der Waals surface area contributed by atoms with Crippen molar-refractivity contribution >= 4 is 34.6 Å². The van der Waals surface area contributed by atoms with Crippen LogP contribution in [-0.2, 0) is 4.79 Å². The highest BCUT2D eigenvalue weighted by atomic mass is 35.5. The summed E-state index contributed by atoms with van der Waals surface area (Å²) in [5.41, 5.74) is 1.04. The Hall–Kier alpha value is -2.60. The molecule has 0 saturated heterocycles. The molecule has 0 aromatic heterocycles. The van der Waals surface area contributed by atoms with Crippen LogP contribution in [-0.4, -0.2) is 24.4 Å². The van der Waals surface area contributed by atoms with Crippen molar-refractivity contribution in [2.75, 3.05) is 23.8 Å². The van der Waals surface area contributed by atoms with Crippen molar-refractivity contribution in [2.24, 2.45) is 0 Å². The lowest BCUT2D eigenvalue weighted by molar-refractivity contribution is -0.384. The molecule has 22 heavy (non-hydrogen) atoms. The number of anilines is 2. The summed E-state index contributed by atoms with van der Waals surface area (Å²) < 4.78 is 0. The molecule has 2 rings (SSSR count). The fraction of sp³-hybridized carbons (Fsp3) is 0.133. The molecule has 0 aliphatic carbocycles. The Morgan fingerprint density at radius 2 is 1.95 bits per heavy atom. The number of nitrogens with one attached hydrogen (secondary N) is 1. The van der Waals surface area contributed by atoms with Crippen molar-refractivity contribution < 1.29 is 9.72 Å². The van der Waals surface area contributed by atoms with E-state index in [1.54, 1.807) is 13.1 Å². The van der Waals surface area contributed by atoms with Gasteiger partial charge in [-0.25, -0.2) is 0 Å². The molecule has 2 aromatic rings. The third-order valence-electron chi connectivity index (χ3n) is 3.10. The molecule has 0 spiro atoms. The molecule has 7 heteroatoms. The molecule has 0 unspecified atom stereocenters. The normalized spacial score (nSPS) is 10.1. The lowest BCUT2D eigenvalue weighted by Gasteiger charge is -2.17. The maximum atomic E-state index is 12.1. The minimum atomic E-state index is -0.564. The van der Waals surface area contributed by atoms with Gasteiger partial charge in [0.15, 0.2) is 0 Å². The molecule has 2 aromatic carbocycles. The van der Waals surface area contributed by atoms with E-state index in [4.69, 9.17) is 11.6 Å². The van der Waals surface area contributed by atoms with Crippen molar-refractivity contribution in [1.29, 1.82) is 0 Å². The molecule has 6 nitrogen and oxygen atoms in total. The van der Waals surface area contributed by atoms with Gasteiger partial charge in [0, 0.05) is 24.5 Å². The molecule has 0 aliphatic heterocycles. The van der Waals surface area contributed by atoms with Crippen molar-refractivity contribution in [3.05, 3.63) is 63.7 Å². The summed E-state index contributed by atoms with van der Waals surface area (Å²) in [7, 11) is 1.67. The molecule has 114 valence electrons. The van der Waals surface area contributed by atoms with Gasteiger partial charge in [-0.05, 0) is 24.3 Å². The fourth-order valence-corrected chi connectivity index (χ4v) is 2.04. The summed E-state index contributed by atoms with van der Waals surface area (Å²) in [5, 5.41) is 13.7. The first kappa shape index (κ1) is 15.8. The lowest BCUT2D eigenvalue weighted by Crippen LogP contribution is -2.32. The van der Waals surface area contributed by atoms with E-state index in [1.807, 2.05) is 30.3 Å². The van der Waals surface area contributed by atoms with Gasteiger partial charge in [0.2, 0.25) is 5.91 Å². The van der Waals surface area contributed by atoms with Crippen LogP contribution in [0, 0.1) is 10.1 Å². The summed E-state index contributed by atoms with van der Waals surface area (Å²) in [4.78, 5) is 23.9. The molecule has 0 radical (unpaired) electrons. The largest absolute Gasteiger partial charge is 0.376 e. The molecule has 1 amide bonds. The number of rotatable bonds is 5. The Bertz CT molecular complexity index is 692. The predicted octanol–water partition coefficient (Wildman–Crippen LogP) is 3.32. The highest BCUT2D eigenvalue weighted by molar-refractivity contribution is 6.32. The maximum Gasteiger partial charge on any atom is 0.289 e. The summed E-state index contributed by atoms with van der Waals surface area (Å²) in [6, 6.07) is 13.5. The van der Waals surface area contributed by atoms with Gasteiger partial charge in [0.1, 0.15) is 5.02 Å². The smallest absolute Gasteiger partial charge is 0.289 e. The average molecular weight is 320 g/mol. The maximum absolute atomic E-state index is 12.1. The standard InChI is InChI=1S/C15H14ClN3O3/c1-18(12-5-3-2-4-6-12)15(20)10-17-11-7-8-13(16)14(9-11)19(21)22/h2-9,17H,10H2,1H3. The van der Waals surface area contributed by atoms with Crippen LogP contribution in [0.15, 0.2) is 48.5 Å². The van der Waals surface area contributed by atoms with Crippen LogP contribution in [0.4, 0.5) is 17.1 Å². The molecule has 0 aliphatic rings. The van der Waals surface area contributed by atoms with Crippen LogP contribution in [0.5, 0.6) is 0 Å². The number of benzene rings is 2. The Morgan fingerprint density at radius 3 is 2.59 bits per heavy atom. The second-order valence-corrected chi connectivity index (χ2v) is 4.97. The number of para-hydroxylation sites is 1. The molecule has 0 atom stereocenters. The van der Waals surface area contributed by atoms with Crippen molar-refractivity contribution in [2.45, 2.75) is 0 Å². The quantitative estimate of drug-likeness (QED) is 0.677. The first-order valence-corrected chi connectivity index (χ1v) is 6.86. The van der Waals surface area contributed by atoms with Gasteiger partial charge < -0.3 is 10.2 Å².